The lowest BCUT2D eigenvalue weighted by atomic mass is 9.97. The quantitative estimate of drug-likeness (QED) is 0.281. The molecule has 0 aromatic rings. The molecular weight excluding hydrogens is 452 g/mol. The largest absolute Gasteiger partial charge is 0.480 e. The summed E-state index contributed by atoms with van der Waals surface area (Å²) in [6.07, 6.45) is 6.46. The Labute approximate surface area is 199 Å². The molecular formula is C21H38N4O5S2. The van der Waals surface area contributed by atoms with Crippen LogP contribution in [0.2, 0.25) is 0 Å². The Hall–Kier alpha value is -1.46. The minimum atomic E-state index is -1.10. The molecule has 184 valence electrons. The van der Waals surface area contributed by atoms with E-state index in [1.165, 1.54) is 16.7 Å². The maximum absolute atomic E-state index is 13.1. The standard InChI is InChI=1S/C21H38N4O5S2/c1-5-13(2)17(19(27)23-15(21(29)30)9-12-32-4)24-18(26)16-7-6-10-25(16)20(28)14(22)8-11-31-3/h13-17H,5-12,22H2,1-4H3,(H,23,27)(H,24,26)(H,29,30). The molecule has 1 aliphatic rings. The lowest BCUT2D eigenvalue weighted by molar-refractivity contribution is -0.143. The number of carbonyl (C=O) groups excluding carboxylic acids is 3. The number of hydrogen-bond acceptors (Lipinski definition) is 7. The summed E-state index contributed by atoms with van der Waals surface area (Å²) in [5, 5.41) is 14.8. The number of carboxylic acids is 1. The van der Waals surface area contributed by atoms with Gasteiger partial charge >= 0.3 is 5.97 Å². The van der Waals surface area contributed by atoms with Gasteiger partial charge in [-0.1, -0.05) is 20.3 Å². The van der Waals surface area contributed by atoms with Crippen molar-refractivity contribution in [2.24, 2.45) is 11.7 Å². The number of carboxylic acid groups (broad SMARTS) is 1. The Kier molecular flexibility index (Phi) is 13.1. The zero-order valence-electron chi connectivity index (χ0n) is 19.5. The first kappa shape index (κ1) is 28.6. The molecule has 3 amide bonds. The molecule has 9 nitrogen and oxygen atoms in total. The summed E-state index contributed by atoms with van der Waals surface area (Å²) >= 11 is 3.11. The highest BCUT2D eigenvalue weighted by molar-refractivity contribution is 7.98. The molecule has 5 unspecified atom stereocenters. The van der Waals surface area contributed by atoms with Gasteiger partial charge in [-0.3, -0.25) is 14.4 Å². The van der Waals surface area contributed by atoms with Gasteiger partial charge in [-0.05, 0) is 55.6 Å². The third kappa shape index (κ3) is 8.47. The van der Waals surface area contributed by atoms with Crippen molar-refractivity contribution in [1.82, 2.24) is 15.5 Å². The van der Waals surface area contributed by atoms with E-state index in [0.717, 1.165) is 5.75 Å². The second kappa shape index (κ2) is 14.6. The number of rotatable bonds is 14. The highest BCUT2D eigenvalue weighted by atomic mass is 32.2. The summed E-state index contributed by atoms with van der Waals surface area (Å²) in [4.78, 5) is 51.8. The highest BCUT2D eigenvalue weighted by Crippen LogP contribution is 2.20. The number of nitrogens with zero attached hydrogens (tertiary/aromatic N) is 1. The summed E-state index contributed by atoms with van der Waals surface area (Å²) in [5.74, 6) is -1.12. The lowest BCUT2D eigenvalue weighted by Gasteiger charge is -2.30. The van der Waals surface area contributed by atoms with Crippen molar-refractivity contribution >= 4 is 47.2 Å². The van der Waals surface area contributed by atoms with E-state index in [0.29, 0.717) is 44.4 Å². The van der Waals surface area contributed by atoms with Gasteiger partial charge in [0.1, 0.15) is 18.1 Å². The molecule has 1 heterocycles. The maximum atomic E-state index is 13.1. The first-order valence-electron chi connectivity index (χ1n) is 11.0. The van der Waals surface area contributed by atoms with E-state index in [1.807, 2.05) is 26.4 Å². The van der Waals surface area contributed by atoms with Crippen molar-refractivity contribution in [3.05, 3.63) is 0 Å². The molecule has 0 aromatic carbocycles. The van der Waals surface area contributed by atoms with Gasteiger partial charge in [-0.15, -0.1) is 0 Å². The molecule has 1 rings (SSSR count). The molecule has 1 aliphatic heterocycles. The van der Waals surface area contributed by atoms with Crippen LogP contribution in [0.3, 0.4) is 0 Å². The zero-order chi connectivity index (χ0) is 24.3. The Morgan fingerprint density at radius 3 is 2.31 bits per heavy atom. The van der Waals surface area contributed by atoms with E-state index in [9.17, 15) is 24.3 Å². The summed E-state index contributed by atoms with van der Waals surface area (Å²) < 4.78 is 0. The van der Waals surface area contributed by atoms with Crippen molar-refractivity contribution in [2.45, 2.75) is 70.1 Å². The van der Waals surface area contributed by atoms with E-state index in [4.69, 9.17) is 5.73 Å². The number of thioether (sulfide) groups is 2. The molecule has 0 spiro atoms. The van der Waals surface area contributed by atoms with Gasteiger partial charge in [-0.2, -0.15) is 23.5 Å². The molecule has 0 aromatic heterocycles. The maximum Gasteiger partial charge on any atom is 0.326 e. The number of aliphatic carboxylic acids is 1. The van der Waals surface area contributed by atoms with Gasteiger partial charge in [0, 0.05) is 6.54 Å². The van der Waals surface area contributed by atoms with Crippen molar-refractivity contribution in [2.75, 3.05) is 30.6 Å². The zero-order valence-corrected chi connectivity index (χ0v) is 21.1. The first-order valence-corrected chi connectivity index (χ1v) is 13.8. The van der Waals surface area contributed by atoms with Crippen LogP contribution in [0.5, 0.6) is 0 Å². The Balaban J connectivity index is 2.89. The number of nitrogens with two attached hydrogens (primary N) is 1. The van der Waals surface area contributed by atoms with E-state index in [1.54, 1.807) is 11.8 Å². The molecule has 0 bridgehead atoms. The number of amides is 3. The monoisotopic (exact) mass is 490 g/mol. The number of nitrogens with one attached hydrogen (secondary N) is 2. The predicted octanol–water partition coefficient (Wildman–Crippen LogP) is 0.911. The molecule has 0 aliphatic carbocycles. The minimum absolute atomic E-state index is 0.205. The number of carbonyl (C=O) groups is 4. The van der Waals surface area contributed by atoms with Crippen molar-refractivity contribution in [1.29, 1.82) is 0 Å². The smallest absolute Gasteiger partial charge is 0.326 e. The molecule has 32 heavy (non-hydrogen) atoms. The fourth-order valence-corrected chi connectivity index (χ4v) is 4.55. The number of likely N-dealkylation sites (tertiary alicyclic amines) is 1. The predicted molar refractivity (Wildman–Crippen MR) is 130 cm³/mol. The van der Waals surface area contributed by atoms with Gasteiger partial charge in [0.2, 0.25) is 17.7 Å². The average molecular weight is 491 g/mol. The average Bonchev–Trinajstić information content (AvgIpc) is 3.26. The molecule has 1 saturated heterocycles. The Morgan fingerprint density at radius 2 is 1.75 bits per heavy atom. The van der Waals surface area contributed by atoms with Crippen LogP contribution in [0.4, 0.5) is 0 Å². The van der Waals surface area contributed by atoms with Crippen LogP contribution in [0.25, 0.3) is 0 Å². The van der Waals surface area contributed by atoms with Gasteiger partial charge in [0.25, 0.3) is 0 Å². The van der Waals surface area contributed by atoms with E-state index < -0.39 is 42.0 Å². The fraction of sp³-hybridized carbons (Fsp3) is 0.810. The first-order chi connectivity index (χ1) is 15.2. The van der Waals surface area contributed by atoms with Crippen LogP contribution < -0.4 is 16.4 Å². The van der Waals surface area contributed by atoms with Crippen molar-refractivity contribution in [3.63, 3.8) is 0 Å². The van der Waals surface area contributed by atoms with Crippen LogP contribution in [0.15, 0.2) is 0 Å². The summed E-state index contributed by atoms with van der Waals surface area (Å²) in [7, 11) is 0. The van der Waals surface area contributed by atoms with E-state index >= 15 is 0 Å². The Bertz CT molecular complexity index is 652. The van der Waals surface area contributed by atoms with E-state index in [2.05, 4.69) is 10.6 Å². The van der Waals surface area contributed by atoms with Gasteiger partial charge in [-0.25, -0.2) is 4.79 Å². The summed E-state index contributed by atoms with van der Waals surface area (Å²) in [6, 6.07) is -3.23. The second-order valence-corrected chi connectivity index (χ2v) is 10.1. The van der Waals surface area contributed by atoms with Crippen molar-refractivity contribution < 1.29 is 24.3 Å². The third-order valence-electron chi connectivity index (χ3n) is 5.81. The van der Waals surface area contributed by atoms with Gasteiger partial charge < -0.3 is 26.4 Å². The van der Waals surface area contributed by atoms with Crippen LogP contribution in [0.1, 0.15) is 46.0 Å². The molecule has 1 fully saturated rings. The molecule has 0 radical (unpaired) electrons. The summed E-state index contributed by atoms with van der Waals surface area (Å²) in [5.41, 5.74) is 6.03. The SMILES string of the molecule is CCC(C)C(NC(=O)C1CCCN1C(=O)C(N)CCSC)C(=O)NC(CCSC)C(=O)O. The van der Waals surface area contributed by atoms with Crippen LogP contribution in [0, 0.1) is 5.92 Å². The van der Waals surface area contributed by atoms with Gasteiger partial charge in [0.05, 0.1) is 6.04 Å². The molecule has 11 heteroatoms. The molecule has 5 N–H and O–H groups in total. The van der Waals surface area contributed by atoms with Crippen molar-refractivity contribution in [3.8, 4) is 0 Å². The number of hydrogen-bond donors (Lipinski definition) is 4. The lowest BCUT2D eigenvalue weighted by Crippen LogP contribution is -2.58. The van der Waals surface area contributed by atoms with Crippen LogP contribution in [-0.2, 0) is 19.2 Å². The third-order valence-corrected chi connectivity index (χ3v) is 7.10. The molecule has 0 saturated carbocycles. The minimum Gasteiger partial charge on any atom is -0.480 e. The van der Waals surface area contributed by atoms with Crippen LogP contribution >= 0.6 is 23.5 Å². The summed E-state index contributed by atoms with van der Waals surface area (Å²) in [6.45, 7) is 4.19. The highest BCUT2D eigenvalue weighted by Gasteiger charge is 2.38. The normalized spacial score (nSPS) is 19.7. The van der Waals surface area contributed by atoms with Crippen LogP contribution in [-0.4, -0.2) is 88.4 Å². The fourth-order valence-electron chi connectivity index (χ4n) is 3.59. The Morgan fingerprint density at radius 1 is 1.12 bits per heavy atom. The topological polar surface area (TPSA) is 142 Å². The van der Waals surface area contributed by atoms with E-state index in [-0.39, 0.29) is 11.8 Å². The molecule has 5 atom stereocenters. The van der Waals surface area contributed by atoms with Gasteiger partial charge in [0.15, 0.2) is 0 Å². The second-order valence-electron chi connectivity index (χ2n) is 8.13.